The molecule has 0 saturated heterocycles. The predicted molar refractivity (Wildman–Crippen MR) is 80.5 cm³/mol. The van der Waals surface area contributed by atoms with Gasteiger partial charge in [0.1, 0.15) is 5.75 Å². The standard InChI is InChI=1S/C17H27NO/c1-12-9-15(10-13(2)17(12)19)11-18-14(3)16-7-5-4-6-8-16/h9-10,14,16,18-19H,4-8,11H2,1-3H3. The number of aromatic hydroxyl groups is 1. The molecule has 0 aromatic heterocycles. The summed E-state index contributed by atoms with van der Waals surface area (Å²) in [5.41, 5.74) is 3.22. The number of aryl methyl sites for hydroxylation is 2. The molecule has 19 heavy (non-hydrogen) atoms. The zero-order chi connectivity index (χ0) is 13.8. The van der Waals surface area contributed by atoms with E-state index in [0.717, 1.165) is 23.6 Å². The highest BCUT2D eigenvalue weighted by Crippen LogP contribution is 2.27. The van der Waals surface area contributed by atoms with Crippen molar-refractivity contribution in [3.63, 3.8) is 0 Å². The van der Waals surface area contributed by atoms with Gasteiger partial charge in [0.25, 0.3) is 0 Å². The van der Waals surface area contributed by atoms with E-state index in [4.69, 9.17) is 0 Å². The van der Waals surface area contributed by atoms with Crippen LogP contribution >= 0.6 is 0 Å². The maximum atomic E-state index is 9.79. The van der Waals surface area contributed by atoms with Crippen LogP contribution < -0.4 is 5.32 Å². The maximum Gasteiger partial charge on any atom is 0.121 e. The van der Waals surface area contributed by atoms with E-state index < -0.39 is 0 Å². The highest BCUT2D eigenvalue weighted by atomic mass is 16.3. The third-order valence-electron chi connectivity index (χ3n) is 4.54. The van der Waals surface area contributed by atoms with Crippen LogP contribution in [0.4, 0.5) is 0 Å². The first-order valence-electron chi connectivity index (χ1n) is 7.60. The summed E-state index contributed by atoms with van der Waals surface area (Å²) in [4.78, 5) is 0. The molecule has 2 heteroatoms. The monoisotopic (exact) mass is 261 g/mol. The van der Waals surface area contributed by atoms with Crippen LogP contribution in [-0.2, 0) is 6.54 Å². The van der Waals surface area contributed by atoms with Crippen LogP contribution in [-0.4, -0.2) is 11.1 Å². The van der Waals surface area contributed by atoms with E-state index in [1.165, 1.54) is 37.7 Å². The van der Waals surface area contributed by atoms with Crippen molar-refractivity contribution in [3.05, 3.63) is 28.8 Å². The van der Waals surface area contributed by atoms with Crippen LogP contribution in [0, 0.1) is 19.8 Å². The molecule has 2 rings (SSSR count). The Labute approximate surface area is 117 Å². The lowest BCUT2D eigenvalue weighted by atomic mass is 9.84. The van der Waals surface area contributed by atoms with E-state index in [2.05, 4.69) is 24.4 Å². The molecule has 1 aromatic rings. The second-order valence-electron chi connectivity index (χ2n) is 6.15. The summed E-state index contributed by atoms with van der Waals surface area (Å²) >= 11 is 0. The van der Waals surface area contributed by atoms with Crippen LogP contribution in [0.3, 0.4) is 0 Å². The highest BCUT2D eigenvalue weighted by molar-refractivity contribution is 5.42. The van der Waals surface area contributed by atoms with Gasteiger partial charge in [-0.05, 0) is 56.2 Å². The van der Waals surface area contributed by atoms with Gasteiger partial charge in [0.2, 0.25) is 0 Å². The lowest BCUT2D eigenvalue weighted by Gasteiger charge is -2.28. The summed E-state index contributed by atoms with van der Waals surface area (Å²) < 4.78 is 0. The Kier molecular flexibility index (Phi) is 4.87. The number of phenolic OH excluding ortho intramolecular Hbond substituents is 1. The number of rotatable bonds is 4. The van der Waals surface area contributed by atoms with Crippen molar-refractivity contribution in [2.45, 2.75) is 65.5 Å². The molecule has 1 atom stereocenters. The summed E-state index contributed by atoms with van der Waals surface area (Å²) in [5, 5.41) is 13.5. The topological polar surface area (TPSA) is 32.3 Å². The first-order valence-corrected chi connectivity index (χ1v) is 7.60. The van der Waals surface area contributed by atoms with Crippen molar-refractivity contribution >= 4 is 0 Å². The molecule has 1 aromatic carbocycles. The molecule has 1 aliphatic rings. The lowest BCUT2D eigenvalue weighted by Crippen LogP contribution is -2.34. The van der Waals surface area contributed by atoms with E-state index in [1.807, 2.05) is 13.8 Å². The molecule has 1 saturated carbocycles. The Balaban J connectivity index is 1.91. The van der Waals surface area contributed by atoms with Gasteiger partial charge in [-0.1, -0.05) is 31.4 Å². The van der Waals surface area contributed by atoms with Crippen LogP contribution in [0.1, 0.15) is 55.7 Å². The third-order valence-corrected chi connectivity index (χ3v) is 4.54. The summed E-state index contributed by atoms with van der Waals surface area (Å²) in [5.74, 6) is 1.28. The highest BCUT2D eigenvalue weighted by Gasteiger charge is 2.19. The second-order valence-corrected chi connectivity index (χ2v) is 6.15. The zero-order valence-electron chi connectivity index (χ0n) is 12.5. The quantitative estimate of drug-likeness (QED) is 0.856. The molecule has 1 fully saturated rings. The minimum absolute atomic E-state index is 0.434. The van der Waals surface area contributed by atoms with E-state index >= 15 is 0 Å². The Morgan fingerprint density at radius 1 is 1.16 bits per heavy atom. The fraction of sp³-hybridized carbons (Fsp3) is 0.647. The minimum atomic E-state index is 0.434. The van der Waals surface area contributed by atoms with Crippen LogP contribution in [0.5, 0.6) is 5.75 Å². The van der Waals surface area contributed by atoms with Crippen molar-refractivity contribution < 1.29 is 5.11 Å². The number of benzene rings is 1. The fourth-order valence-electron chi connectivity index (χ4n) is 3.23. The second kappa shape index (κ2) is 6.42. The SMILES string of the molecule is Cc1cc(CNC(C)C2CCCCC2)cc(C)c1O. The van der Waals surface area contributed by atoms with Crippen LogP contribution in [0.2, 0.25) is 0 Å². The fourth-order valence-corrected chi connectivity index (χ4v) is 3.23. The van der Waals surface area contributed by atoms with E-state index in [0.29, 0.717) is 11.8 Å². The van der Waals surface area contributed by atoms with Gasteiger partial charge in [0.15, 0.2) is 0 Å². The Hall–Kier alpha value is -1.02. The summed E-state index contributed by atoms with van der Waals surface area (Å²) in [6.45, 7) is 7.16. The van der Waals surface area contributed by atoms with Gasteiger partial charge in [0.05, 0.1) is 0 Å². The van der Waals surface area contributed by atoms with E-state index in [9.17, 15) is 5.11 Å². The molecule has 106 valence electrons. The normalized spacial score (nSPS) is 18.5. The smallest absolute Gasteiger partial charge is 0.121 e. The third kappa shape index (κ3) is 3.73. The Morgan fingerprint density at radius 3 is 2.32 bits per heavy atom. The zero-order valence-corrected chi connectivity index (χ0v) is 12.5. The van der Waals surface area contributed by atoms with Crippen molar-refractivity contribution in [1.29, 1.82) is 0 Å². The molecule has 0 heterocycles. The van der Waals surface area contributed by atoms with Gasteiger partial charge in [-0.3, -0.25) is 0 Å². The van der Waals surface area contributed by atoms with Gasteiger partial charge < -0.3 is 10.4 Å². The molecule has 0 bridgehead atoms. The van der Waals surface area contributed by atoms with Crippen molar-refractivity contribution in [1.82, 2.24) is 5.32 Å². The molecular weight excluding hydrogens is 234 g/mol. The molecule has 0 amide bonds. The van der Waals surface area contributed by atoms with Gasteiger partial charge in [0, 0.05) is 12.6 Å². The lowest BCUT2D eigenvalue weighted by molar-refractivity contribution is 0.280. The van der Waals surface area contributed by atoms with Crippen molar-refractivity contribution in [2.75, 3.05) is 0 Å². The number of phenols is 1. The number of nitrogens with one attached hydrogen (secondary N) is 1. The molecule has 0 aliphatic heterocycles. The average Bonchev–Trinajstić information content (AvgIpc) is 2.43. The number of hydrogen-bond donors (Lipinski definition) is 2. The molecule has 0 spiro atoms. The van der Waals surface area contributed by atoms with Crippen molar-refractivity contribution in [2.24, 2.45) is 5.92 Å². The summed E-state index contributed by atoms with van der Waals surface area (Å²) in [6, 6.07) is 4.76. The van der Waals surface area contributed by atoms with E-state index in [1.54, 1.807) is 0 Å². The molecule has 0 radical (unpaired) electrons. The summed E-state index contributed by atoms with van der Waals surface area (Å²) in [7, 11) is 0. The van der Waals surface area contributed by atoms with Gasteiger partial charge in [-0.15, -0.1) is 0 Å². The average molecular weight is 261 g/mol. The van der Waals surface area contributed by atoms with Gasteiger partial charge >= 0.3 is 0 Å². The molecular formula is C17H27NO. The number of hydrogen-bond acceptors (Lipinski definition) is 2. The largest absolute Gasteiger partial charge is 0.507 e. The van der Waals surface area contributed by atoms with E-state index in [-0.39, 0.29) is 0 Å². The molecule has 1 unspecified atom stereocenters. The van der Waals surface area contributed by atoms with Crippen molar-refractivity contribution in [3.8, 4) is 5.75 Å². The van der Waals surface area contributed by atoms with Gasteiger partial charge in [-0.25, -0.2) is 0 Å². The molecule has 2 nitrogen and oxygen atoms in total. The minimum Gasteiger partial charge on any atom is -0.507 e. The first-order chi connectivity index (χ1) is 9.08. The van der Waals surface area contributed by atoms with Crippen LogP contribution in [0.25, 0.3) is 0 Å². The molecule has 2 N–H and O–H groups in total. The van der Waals surface area contributed by atoms with Crippen LogP contribution in [0.15, 0.2) is 12.1 Å². The maximum absolute atomic E-state index is 9.79. The molecule has 1 aliphatic carbocycles. The first kappa shape index (κ1) is 14.4. The Bertz CT molecular complexity index is 398. The summed E-state index contributed by atoms with van der Waals surface area (Å²) in [6.07, 6.45) is 6.96. The van der Waals surface area contributed by atoms with Gasteiger partial charge in [-0.2, -0.15) is 0 Å². The predicted octanol–water partition coefficient (Wildman–Crippen LogP) is 4.07. The Morgan fingerprint density at radius 2 is 1.74 bits per heavy atom.